The Morgan fingerprint density at radius 1 is 1.17 bits per heavy atom. The second kappa shape index (κ2) is 5.46. The Labute approximate surface area is 139 Å². The fourth-order valence-electron chi connectivity index (χ4n) is 2.37. The van der Waals surface area contributed by atoms with E-state index in [2.05, 4.69) is 20.4 Å². The summed E-state index contributed by atoms with van der Waals surface area (Å²) in [5.74, 6) is -0.314. The average Bonchev–Trinajstić information content (AvgIpc) is 3.24. The second-order valence-electron chi connectivity index (χ2n) is 4.97. The van der Waals surface area contributed by atoms with E-state index in [9.17, 15) is 9.59 Å². The number of benzene rings is 1. The van der Waals surface area contributed by atoms with Gasteiger partial charge in [-0.1, -0.05) is 23.4 Å². The van der Waals surface area contributed by atoms with Crippen LogP contribution in [-0.2, 0) is 0 Å². The lowest BCUT2D eigenvalue weighted by atomic mass is 10.2. The Morgan fingerprint density at radius 2 is 1.96 bits per heavy atom. The van der Waals surface area contributed by atoms with Crippen LogP contribution in [0.15, 0.2) is 46.7 Å². The minimum absolute atomic E-state index is 0.0686. The third-order valence-electron chi connectivity index (χ3n) is 3.43. The number of ketones is 1. The van der Waals surface area contributed by atoms with Gasteiger partial charge in [0, 0.05) is 18.5 Å². The molecule has 3 aromatic heterocycles. The summed E-state index contributed by atoms with van der Waals surface area (Å²) in [6.45, 7) is 1.37. The quantitative estimate of drug-likeness (QED) is 0.527. The number of hydrogen-bond acceptors (Lipinski definition) is 7. The highest BCUT2D eigenvalue weighted by molar-refractivity contribution is 7.12. The highest BCUT2D eigenvalue weighted by Gasteiger charge is 2.22. The van der Waals surface area contributed by atoms with E-state index in [1.807, 2.05) is 30.3 Å². The molecule has 0 saturated carbocycles. The molecule has 0 radical (unpaired) electrons. The van der Waals surface area contributed by atoms with E-state index in [-0.39, 0.29) is 22.5 Å². The Kier molecular flexibility index (Phi) is 3.28. The van der Waals surface area contributed by atoms with Crippen molar-refractivity contribution in [1.29, 1.82) is 0 Å². The van der Waals surface area contributed by atoms with Gasteiger partial charge in [-0.15, -0.1) is 21.1 Å². The molecule has 0 atom stereocenters. The number of thiazole rings is 1. The second-order valence-corrected chi connectivity index (χ2v) is 5.84. The fourth-order valence-corrected chi connectivity index (χ4v) is 2.96. The van der Waals surface area contributed by atoms with Crippen LogP contribution in [0.2, 0.25) is 0 Å². The maximum atomic E-state index is 12.8. The molecule has 0 aliphatic heterocycles. The van der Waals surface area contributed by atoms with Crippen molar-refractivity contribution in [2.75, 3.05) is 0 Å². The van der Waals surface area contributed by atoms with Crippen LogP contribution in [-0.4, -0.2) is 35.5 Å². The standard InChI is InChI=1S/C15H10N6O2S/c1-9(22)12-11-13(20(18-12)10-5-3-2-4-6-10)17-19-21(14(11)23)15-16-7-8-24-15/h2-8H,1H3. The summed E-state index contributed by atoms with van der Waals surface area (Å²) in [6.07, 6.45) is 1.57. The maximum absolute atomic E-state index is 12.8. The number of carbonyl (C=O) groups is 1. The van der Waals surface area contributed by atoms with Crippen LogP contribution in [0.3, 0.4) is 0 Å². The zero-order valence-electron chi connectivity index (χ0n) is 12.4. The lowest BCUT2D eigenvalue weighted by molar-refractivity contribution is 0.101. The van der Waals surface area contributed by atoms with Crippen molar-refractivity contribution in [3.8, 4) is 10.8 Å². The first-order valence-electron chi connectivity index (χ1n) is 7.02. The van der Waals surface area contributed by atoms with Crippen LogP contribution in [0.1, 0.15) is 17.4 Å². The molecule has 3 heterocycles. The van der Waals surface area contributed by atoms with Crippen molar-refractivity contribution >= 4 is 28.2 Å². The van der Waals surface area contributed by atoms with Gasteiger partial charge in [0.15, 0.2) is 11.4 Å². The van der Waals surface area contributed by atoms with E-state index in [1.54, 1.807) is 11.6 Å². The zero-order valence-corrected chi connectivity index (χ0v) is 13.3. The molecule has 0 fully saturated rings. The molecule has 0 amide bonds. The predicted molar refractivity (Wildman–Crippen MR) is 87.9 cm³/mol. The Hall–Kier alpha value is -3.20. The normalized spacial score (nSPS) is 11.0. The predicted octanol–water partition coefficient (Wildman–Crippen LogP) is 1.63. The number of fused-ring (bicyclic) bond motifs is 1. The summed E-state index contributed by atoms with van der Waals surface area (Å²) in [6, 6.07) is 9.15. The molecule has 118 valence electrons. The highest BCUT2D eigenvalue weighted by atomic mass is 32.1. The van der Waals surface area contributed by atoms with Gasteiger partial charge in [-0.2, -0.15) is 5.10 Å². The average molecular weight is 338 g/mol. The number of rotatable bonds is 3. The van der Waals surface area contributed by atoms with Gasteiger partial charge in [0.2, 0.25) is 5.13 Å². The lowest BCUT2D eigenvalue weighted by Crippen LogP contribution is -2.23. The van der Waals surface area contributed by atoms with Crippen molar-refractivity contribution in [3.63, 3.8) is 0 Å². The molecule has 0 aliphatic carbocycles. The molecule has 4 aromatic rings. The monoisotopic (exact) mass is 338 g/mol. The first-order chi connectivity index (χ1) is 11.7. The molecule has 24 heavy (non-hydrogen) atoms. The van der Waals surface area contributed by atoms with E-state index >= 15 is 0 Å². The van der Waals surface area contributed by atoms with Crippen molar-refractivity contribution in [2.24, 2.45) is 0 Å². The van der Waals surface area contributed by atoms with E-state index < -0.39 is 5.56 Å². The molecule has 8 nitrogen and oxygen atoms in total. The van der Waals surface area contributed by atoms with Crippen molar-refractivity contribution in [3.05, 3.63) is 58.0 Å². The Morgan fingerprint density at radius 3 is 2.62 bits per heavy atom. The maximum Gasteiger partial charge on any atom is 0.288 e. The van der Waals surface area contributed by atoms with Crippen LogP contribution >= 0.6 is 11.3 Å². The fraction of sp³-hybridized carbons (Fsp3) is 0.0667. The molecule has 0 bridgehead atoms. The van der Waals surface area contributed by atoms with E-state index in [4.69, 9.17) is 0 Å². The number of nitrogens with zero attached hydrogens (tertiary/aromatic N) is 6. The molecule has 1 aromatic carbocycles. The summed E-state index contributed by atoms with van der Waals surface area (Å²) in [4.78, 5) is 28.8. The number of para-hydroxylation sites is 1. The number of carbonyl (C=O) groups excluding carboxylic acids is 1. The van der Waals surface area contributed by atoms with E-state index in [1.165, 1.54) is 22.9 Å². The molecule has 9 heteroatoms. The first-order valence-corrected chi connectivity index (χ1v) is 7.90. The van der Waals surface area contributed by atoms with E-state index in [0.717, 1.165) is 4.68 Å². The highest BCUT2D eigenvalue weighted by Crippen LogP contribution is 2.18. The number of hydrogen-bond donors (Lipinski definition) is 0. The van der Waals surface area contributed by atoms with Crippen LogP contribution in [0, 0.1) is 0 Å². The largest absolute Gasteiger partial charge is 0.293 e. The van der Waals surface area contributed by atoms with Crippen LogP contribution in [0.25, 0.3) is 21.9 Å². The summed E-state index contributed by atoms with van der Waals surface area (Å²) in [7, 11) is 0. The summed E-state index contributed by atoms with van der Waals surface area (Å²) in [5.41, 5.74) is 0.529. The van der Waals surface area contributed by atoms with Gasteiger partial charge in [0.05, 0.1) is 5.69 Å². The van der Waals surface area contributed by atoms with Crippen molar-refractivity contribution in [2.45, 2.75) is 6.92 Å². The molecule has 0 spiro atoms. The van der Waals surface area contributed by atoms with Crippen molar-refractivity contribution < 1.29 is 4.79 Å². The van der Waals surface area contributed by atoms with Gasteiger partial charge in [0.25, 0.3) is 5.56 Å². The third-order valence-corrected chi connectivity index (χ3v) is 4.18. The topological polar surface area (TPSA) is 95.6 Å². The zero-order chi connectivity index (χ0) is 16.7. The molecule has 0 unspecified atom stereocenters. The minimum Gasteiger partial charge on any atom is -0.293 e. The van der Waals surface area contributed by atoms with Crippen molar-refractivity contribution in [1.82, 2.24) is 29.8 Å². The minimum atomic E-state index is -0.470. The third kappa shape index (κ3) is 2.14. The Balaban J connectivity index is 2.07. The molecule has 0 aliphatic rings. The van der Waals surface area contributed by atoms with Gasteiger partial charge >= 0.3 is 0 Å². The number of aromatic nitrogens is 6. The van der Waals surface area contributed by atoms with Crippen LogP contribution in [0.4, 0.5) is 0 Å². The smallest absolute Gasteiger partial charge is 0.288 e. The molecular weight excluding hydrogens is 328 g/mol. The first kappa shape index (κ1) is 14.4. The summed E-state index contributed by atoms with van der Waals surface area (Å²) in [5, 5.41) is 14.6. The van der Waals surface area contributed by atoms with Crippen LogP contribution < -0.4 is 5.56 Å². The summed E-state index contributed by atoms with van der Waals surface area (Å²) >= 11 is 1.25. The molecule has 0 saturated heterocycles. The number of Topliss-reactive ketones (excluding diaryl/α,β-unsaturated/α-hetero) is 1. The SMILES string of the molecule is CC(=O)c1nn(-c2ccccc2)c2nnn(-c3nccs3)c(=O)c12. The van der Waals surface area contributed by atoms with Gasteiger partial charge in [-0.05, 0) is 12.1 Å². The molecular formula is C15H10N6O2S. The van der Waals surface area contributed by atoms with E-state index in [0.29, 0.717) is 10.8 Å². The molecule has 0 N–H and O–H groups in total. The lowest BCUT2D eigenvalue weighted by Gasteiger charge is -2.02. The Bertz CT molecular complexity index is 1100. The van der Waals surface area contributed by atoms with Gasteiger partial charge < -0.3 is 0 Å². The van der Waals surface area contributed by atoms with Gasteiger partial charge in [-0.3, -0.25) is 9.59 Å². The molecule has 4 rings (SSSR count). The van der Waals surface area contributed by atoms with Gasteiger partial charge in [-0.25, -0.2) is 9.67 Å². The van der Waals surface area contributed by atoms with Gasteiger partial charge in [0.1, 0.15) is 11.1 Å². The van der Waals surface area contributed by atoms with Crippen LogP contribution in [0.5, 0.6) is 0 Å². The summed E-state index contributed by atoms with van der Waals surface area (Å²) < 4.78 is 2.53.